The van der Waals surface area contributed by atoms with E-state index in [0.717, 1.165) is 36.3 Å². The van der Waals surface area contributed by atoms with Crippen molar-refractivity contribution in [1.29, 1.82) is 0 Å². The number of para-hydroxylation sites is 1. The number of anilines is 1. The zero-order valence-corrected chi connectivity index (χ0v) is 14.6. The summed E-state index contributed by atoms with van der Waals surface area (Å²) in [7, 11) is 0. The van der Waals surface area contributed by atoms with E-state index in [1.54, 1.807) is 6.07 Å². The van der Waals surface area contributed by atoms with Gasteiger partial charge in [0.25, 0.3) is 5.91 Å². The van der Waals surface area contributed by atoms with Crippen molar-refractivity contribution in [2.45, 2.75) is 39.0 Å². The van der Waals surface area contributed by atoms with Crippen molar-refractivity contribution in [1.82, 2.24) is 10.1 Å². The van der Waals surface area contributed by atoms with E-state index in [2.05, 4.69) is 10.5 Å². The average Bonchev–Trinajstić information content (AvgIpc) is 3.33. The first-order chi connectivity index (χ1) is 12.1. The van der Waals surface area contributed by atoms with Gasteiger partial charge in [0, 0.05) is 24.2 Å². The lowest BCUT2D eigenvalue weighted by Gasteiger charge is -2.20. The van der Waals surface area contributed by atoms with E-state index in [0.29, 0.717) is 12.5 Å². The Morgan fingerprint density at radius 3 is 2.76 bits per heavy atom. The van der Waals surface area contributed by atoms with Crippen LogP contribution >= 0.6 is 0 Å². The van der Waals surface area contributed by atoms with E-state index >= 15 is 0 Å². The van der Waals surface area contributed by atoms with Crippen molar-refractivity contribution >= 4 is 17.5 Å². The van der Waals surface area contributed by atoms with E-state index < -0.39 is 0 Å². The number of benzene rings is 1. The normalized spacial score (nSPS) is 13.5. The highest BCUT2D eigenvalue weighted by Crippen LogP contribution is 2.40. The van der Waals surface area contributed by atoms with Crippen LogP contribution in [0.15, 0.2) is 34.9 Å². The molecule has 1 aromatic carbocycles. The molecule has 1 saturated carbocycles. The number of amides is 2. The molecule has 3 rings (SSSR count). The van der Waals surface area contributed by atoms with Gasteiger partial charge in [0.1, 0.15) is 12.3 Å². The quantitative estimate of drug-likeness (QED) is 0.838. The molecule has 0 bridgehead atoms. The van der Waals surface area contributed by atoms with Crippen molar-refractivity contribution in [3.05, 3.63) is 47.3 Å². The highest BCUT2D eigenvalue weighted by Gasteiger charge is 2.30. The smallest absolute Gasteiger partial charge is 0.276 e. The van der Waals surface area contributed by atoms with Gasteiger partial charge in [0.2, 0.25) is 5.91 Å². The molecule has 1 aliphatic rings. The number of aryl methyl sites for hydroxylation is 1. The molecule has 0 aliphatic heterocycles. The second-order valence-corrected chi connectivity index (χ2v) is 6.48. The summed E-state index contributed by atoms with van der Waals surface area (Å²) >= 11 is 0. The number of hydrogen-bond donors (Lipinski definition) is 1. The number of nitrogens with zero attached hydrogens (tertiary/aromatic N) is 2. The number of rotatable bonds is 7. The van der Waals surface area contributed by atoms with Crippen LogP contribution in [0.2, 0.25) is 0 Å². The third kappa shape index (κ3) is 4.26. The molecule has 0 radical (unpaired) electrons. The van der Waals surface area contributed by atoms with E-state index in [1.807, 2.05) is 38.1 Å². The summed E-state index contributed by atoms with van der Waals surface area (Å²) in [6.45, 7) is 4.38. The Bertz CT molecular complexity index is 765. The van der Waals surface area contributed by atoms with Crippen molar-refractivity contribution in [3.63, 3.8) is 0 Å². The Morgan fingerprint density at radius 1 is 1.32 bits per heavy atom. The minimum atomic E-state index is -0.266. The highest BCUT2D eigenvalue weighted by molar-refractivity contribution is 5.98. The van der Waals surface area contributed by atoms with Gasteiger partial charge in [-0.15, -0.1) is 0 Å². The van der Waals surface area contributed by atoms with Gasteiger partial charge in [-0.1, -0.05) is 30.3 Å². The lowest BCUT2D eigenvalue weighted by molar-refractivity contribution is -0.116. The summed E-state index contributed by atoms with van der Waals surface area (Å²) in [5.41, 5.74) is 2.02. The summed E-state index contributed by atoms with van der Waals surface area (Å²) in [6, 6.07) is 9.27. The Morgan fingerprint density at radius 2 is 2.08 bits per heavy atom. The van der Waals surface area contributed by atoms with Crippen LogP contribution in [0.3, 0.4) is 0 Å². The maximum Gasteiger partial charge on any atom is 0.276 e. The lowest BCUT2D eigenvalue weighted by atomic mass is 10.2. The van der Waals surface area contributed by atoms with Gasteiger partial charge in [-0.2, -0.15) is 0 Å². The Labute approximate surface area is 147 Å². The molecule has 2 amide bonds. The number of carbonyl (C=O) groups excluding carboxylic acids is 2. The maximum absolute atomic E-state index is 12.7. The third-order valence-electron chi connectivity index (χ3n) is 4.26. The van der Waals surface area contributed by atoms with Crippen LogP contribution < -0.4 is 5.32 Å². The Hall–Kier alpha value is -2.63. The SMILES string of the molecule is CCCN(CC(=O)Nc1ccccc1C)C(=O)c1cc(C2CC2)on1. The minimum Gasteiger partial charge on any atom is -0.360 e. The van der Waals surface area contributed by atoms with Gasteiger partial charge < -0.3 is 14.7 Å². The minimum absolute atomic E-state index is 0.00731. The zero-order chi connectivity index (χ0) is 17.8. The monoisotopic (exact) mass is 341 g/mol. The van der Waals surface area contributed by atoms with Gasteiger partial charge >= 0.3 is 0 Å². The highest BCUT2D eigenvalue weighted by atomic mass is 16.5. The second-order valence-electron chi connectivity index (χ2n) is 6.48. The van der Waals surface area contributed by atoms with Crippen molar-refractivity contribution in [2.24, 2.45) is 0 Å². The molecule has 1 aliphatic carbocycles. The van der Waals surface area contributed by atoms with Gasteiger partial charge in [-0.3, -0.25) is 9.59 Å². The predicted molar refractivity (Wildman–Crippen MR) is 94.5 cm³/mol. The molecule has 2 aromatic rings. The summed E-state index contributed by atoms with van der Waals surface area (Å²) in [5, 5.41) is 6.75. The largest absolute Gasteiger partial charge is 0.360 e. The maximum atomic E-state index is 12.7. The lowest BCUT2D eigenvalue weighted by Crippen LogP contribution is -2.38. The standard InChI is InChI=1S/C19H23N3O3/c1-3-10-22(12-18(23)20-15-7-5-4-6-13(15)2)19(24)16-11-17(25-21-16)14-8-9-14/h4-7,11,14H,3,8-10,12H2,1-2H3,(H,20,23). The predicted octanol–water partition coefficient (Wildman–Crippen LogP) is 3.35. The number of aromatic nitrogens is 1. The first-order valence-electron chi connectivity index (χ1n) is 8.70. The number of nitrogens with one attached hydrogen (secondary N) is 1. The van der Waals surface area contributed by atoms with Crippen molar-refractivity contribution in [3.8, 4) is 0 Å². The fourth-order valence-corrected chi connectivity index (χ4v) is 2.71. The summed E-state index contributed by atoms with van der Waals surface area (Å²) in [4.78, 5) is 26.5. The zero-order valence-electron chi connectivity index (χ0n) is 14.6. The molecule has 25 heavy (non-hydrogen) atoms. The number of hydrogen-bond acceptors (Lipinski definition) is 4. The van der Waals surface area contributed by atoms with Crippen LogP contribution in [0.4, 0.5) is 5.69 Å². The van der Waals surface area contributed by atoms with Gasteiger partial charge in [-0.25, -0.2) is 0 Å². The van der Waals surface area contributed by atoms with Gasteiger partial charge in [0.05, 0.1) is 0 Å². The Kier molecular flexibility index (Phi) is 5.16. The van der Waals surface area contributed by atoms with Crippen molar-refractivity contribution < 1.29 is 14.1 Å². The van der Waals surface area contributed by atoms with Crippen LogP contribution in [-0.4, -0.2) is 35.0 Å². The first-order valence-corrected chi connectivity index (χ1v) is 8.70. The number of carbonyl (C=O) groups is 2. The average molecular weight is 341 g/mol. The molecular weight excluding hydrogens is 318 g/mol. The Balaban J connectivity index is 1.66. The summed E-state index contributed by atoms with van der Waals surface area (Å²) in [6.07, 6.45) is 2.93. The topological polar surface area (TPSA) is 75.4 Å². The molecule has 132 valence electrons. The van der Waals surface area contributed by atoms with Crippen LogP contribution in [0.5, 0.6) is 0 Å². The molecule has 1 aromatic heterocycles. The molecule has 0 unspecified atom stereocenters. The van der Waals surface area contributed by atoms with Crippen LogP contribution in [0.1, 0.15) is 53.9 Å². The molecule has 0 spiro atoms. The second kappa shape index (κ2) is 7.51. The third-order valence-corrected chi connectivity index (χ3v) is 4.26. The van der Waals surface area contributed by atoms with E-state index in [4.69, 9.17) is 4.52 Å². The molecule has 6 heteroatoms. The van der Waals surface area contributed by atoms with Crippen LogP contribution in [0.25, 0.3) is 0 Å². The molecule has 1 fully saturated rings. The summed E-state index contributed by atoms with van der Waals surface area (Å²) < 4.78 is 5.26. The molecule has 1 heterocycles. The van der Waals surface area contributed by atoms with Crippen LogP contribution in [-0.2, 0) is 4.79 Å². The molecule has 0 atom stereocenters. The van der Waals surface area contributed by atoms with Crippen molar-refractivity contribution in [2.75, 3.05) is 18.4 Å². The molecule has 6 nitrogen and oxygen atoms in total. The van der Waals surface area contributed by atoms with Gasteiger partial charge in [0.15, 0.2) is 5.69 Å². The van der Waals surface area contributed by atoms with Gasteiger partial charge in [-0.05, 0) is 37.8 Å². The fourth-order valence-electron chi connectivity index (χ4n) is 2.71. The van der Waals surface area contributed by atoms with E-state index in [1.165, 1.54) is 4.90 Å². The van der Waals surface area contributed by atoms with E-state index in [-0.39, 0.29) is 24.1 Å². The summed E-state index contributed by atoms with van der Waals surface area (Å²) in [5.74, 6) is 0.682. The van der Waals surface area contributed by atoms with Crippen LogP contribution in [0, 0.1) is 6.92 Å². The first kappa shape index (κ1) is 17.2. The van der Waals surface area contributed by atoms with E-state index in [9.17, 15) is 9.59 Å². The molecular formula is C19H23N3O3. The molecule has 1 N–H and O–H groups in total. The molecule has 0 saturated heterocycles. The fraction of sp³-hybridized carbons (Fsp3) is 0.421.